The molecule has 0 amide bonds. The summed E-state index contributed by atoms with van der Waals surface area (Å²) in [6.45, 7) is -0.469. The van der Waals surface area contributed by atoms with E-state index >= 15 is 0 Å². The molecule has 1 aliphatic rings. The highest BCUT2D eigenvalue weighted by Gasteiger charge is 2.37. The van der Waals surface area contributed by atoms with Gasteiger partial charge in [0.2, 0.25) is 0 Å². The van der Waals surface area contributed by atoms with Gasteiger partial charge in [0.25, 0.3) is 10.0 Å². The minimum atomic E-state index is -4.39. The van der Waals surface area contributed by atoms with E-state index in [-0.39, 0.29) is 24.5 Å². The number of rotatable bonds is 2. The fourth-order valence-corrected chi connectivity index (χ4v) is 2.93. The summed E-state index contributed by atoms with van der Waals surface area (Å²) < 4.78 is 62.0. The molecule has 0 fully saturated rings. The highest BCUT2D eigenvalue weighted by atomic mass is 32.2. The zero-order valence-corrected chi connectivity index (χ0v) is 9.92. The van der Waals surface area contributed by atoms with Crippen molar-refractivity contribution < 1.29 is 21.6 Å². The van der Waals surface area contributed by atoms with Gasteiger partial charge in [0, 0.05) is 18.7 Å². The van der Waals surface area contributed by atoms with Crippen LogP contribution in [-0.4, -0.2) is 42.2 Å². The SMILES string of the molecule is O=S(=O)(c1ccn[nH]1)N1CC=C(C(F)(F)F)CC1. The highest BCUT2D eigenvalue weighted by Crippen LogP contribution is 2.31. The van der Waals surface area contributed by atoms with Gasteiger partial charge in [-0.15, -0.1) is 0 Å². The average Bonchev–Trinajstić information content (AvgIpc) is 2.82. The Morgan fingerprint density at radius 1 is 1.39 bits per heavy atom. The lowest BCUT2D eigenvalue weighted by molar-refractivity contribution is -0.0953. The van der Waals surface area contributed by atoms with Crippen LogP contribution in [0.2, 0.25) is 0 Å². The van der Waals surface area contributed by atoms with Gasteiger partial charge in [0.1, 0.15) is 0 Å². The Morgan fingerprint density at radius 3 is 2.56 bits per heavy atom. The highest BCUT2D eigenvalue weighted by molar-refractivity contribution is 7.89. The maximum atomic E-state index is 12.4. The number of alkyl halides is 3. The van der Waals surface area contributed by atoms with Crippen molar-refractivity contribution in [2.75, 3.05) is 13.1 Å². The number of nitrogens with one attached hydrogen (secondary N) is 1. The molecule has 1 aromatic rings. The third-order valence-corrected chi connectivity index (χ3v) is 4.42. The molecule has 0 atom stereocenters. The zero-order chi connectivity index (χ0) is 13.4. The van der Waals surface area contributed by atoms with Gasteiger partial charge >= 0.3 is 6.18 Å². The van der Waals surface area contributed by atoms with E-state index in [1.807, 2.05) is 0 Å². The Kier molecular flexibility index (Phi) is 3.20. The van der Waals surface area contributed by atoms with Gasteiger partial charge in [0.05, 0.1) is 6.20 Å². The minimum absolute atomic E-state index is 0.119. The molecule has 2 heterocycles. The zero-order valence-electron chi connectivity index (χ0n) is 9.11. The van der Waals surface area contributed by atoms with E-state index in [1.165, 1.54) is 12.3 Å². The van der Waals surface area contributed by atoms with Crippen LogP contribution in [0.3, 0.4) is 0 Å². The number of aromatic nitrogens is 2. The summed E-state index contributed by atoms with van der Waals surface area (Å²) in [6, 6.07) is 1.26. The second-order valence-corrected chi connectivity index (χ2v) is 5.67. The molecular weight excluding hydrogens is 271 g/mol. The van der Waals surface area contributed by atoms with Gasteiger partial charge in [-0.3, -0.25) is 5.10 Å². The molecule has 0 saturated heterocycles. The Labute approximate surface area is 101 Å². The van der Waals surface area contributed by atoms with Gasteiger partial charge in [-0.25, -0.2) is 8.42 Å². The molecule has 0 saturated carbocycles. The molecule has 100 valence electrons. The van der Waals surface area contributed by atoms with Gasteiger partial charge in [-0.1, -0.05) is 6.08 Å². The summed E-state index contributed by atoms with van der Waals surface area (Å²) in [5.41, 5.74) is -0.682. The van der Waals surface area contributed by atoms with Crippen molar-refractivity contribution in [2.24, 2.45) is 0 Å². The van der Waals surface area contributed by atoms with Crippen LogP contribution >= 0.6 is 0 Å². The van der Waals surface area contributed by atoms with Crippen LogP contribution in [0, 0.1) is 0 Å². The van der Waals surface area contributed by atoms with E-state index in [0.29, 0.717) is 0 Å². The van der Waals surface area contributed by atoms with E-state index in [1.54, 1.807) is 0 Å². The molecule has 18 heavy (non-hydrogen) atoms. The largest absolute Gasteiger partial charge is 0.412 e. The molecule has 0 aromatic carbocycles. The molecular formula is C9H10F3N3O2S. The lowest BCUT2D eigenvalue weighted by atomic mass is 10.1. The number of sulfonamides is 1. The average molecular weight is 281 g/mol. The Morgan fingerprint density at radius 2 is 2.11 bits per heavy atom. The summed E-state index contributed by atoms with van der Waals surface area (Å²) in [6.07, 6.45) is -2.55. The van der Waals surface area contributed by atoms with Crippen LogP contribution < -0.4 is 0 Å². The predicted molar refractivity (Wildman–Crippen MR) is 56.1 cm³/mol. The molecule has 5 nitrogen and oxygen atoms in total. The standard InChI is InChI=1S/C9H10F3N3O2S/c10-9(11,12)7-2-5-15(6-3-7)18(16,17)8-1-4-13-14-8/h1-2,4H,3,5-6H2,(H,13,14). The Hall–Kier alpha value is -1.35. The van der Waals surface area contributed by atoms with Gasteiger partial charge < -0.3 is 0 Å². The van der Waals surface area contributed by atoms with Crippen LogP contribution in [0.25, 0.3) is 0 Å². The summed E-state index contributed by atoms with van der Waals surface area (Å²) in [5, 5.41) is 5.69. The third kappa shape index (κ3) is 2.41. The molecule has 2 rings (SSSR count). The Balaban J connectivity index is 2.18. The quantitative estimate of drug-likeness (QED) is 0.831. The van der Waals surface area contributed by atoms with Gasteiger partial charge in [-0.2, -0.15) is 22.6 Å². The fraction of sp³-hybridized carbons (Fsp3) is 0.444. The molecule has 0 unspecified atom stereocenters. The lowest BCUT2D eigenvalue weighted by Gasteiger charge is -2.25. The van der Waals surface area contributed by atoms with Crippen molar-refractivity contribution in [3.05, 3.63) is 23.9 Å². The second-order valence-electron chi connectivity index (χ2n) is 3.76. The topological polar surface area (TPSA) is 66.1 Å². The van der Waals surface area contributed by atoms with Crippen molar-refractivity contribution in [1.29, 1.82) is 0 Å². The molecule has 1 aliphatic heterocycles. The summed E-state index contributed by atoms with van der Waals surface area (Å²) in [4.78, 5) is 0. The second kappa shape index (κ2) is 4.39. The fourth-order valence-electron chi connectivity index (χ4n) is 1.65. The maximum absolute atomic E-state index is 12.4. The molecule has 0 spiro atoms. The first kappa shape index (κ1) is 13.1. The van der Waals surface area contributed by atoms with Crippen LogP contribution in [0.15, 0.2) is 28.9 Å². The van der Waals surface area contributed by atoms with Crippen molar-refractivity contribution in [2.45, 2.75) is 17.6 Å². The normalized spacial score (nSPS) is 18.7. The molecule has 9 heteroatoms. The maximum Gasteiger partial charge on any atom is 0.412 e. The number of H-pyrrole nitrogens is 1. The van der Waals surface area contributed by atoms with Gasteiger partial charge in [-0.05, 0) is 12.5 Å². The van der Waals surface area contributed by atoms with Crippen molar-refractivity contribution in [3.8, 4) is 0 Å². The summed E-state index contributed by atoms with van der Waals surface area (Å²) in [7, 11) is -3.78. The number of nitrogens with zero attached hydrogens (tertiary/aromatic N) is 2. The molecule has 1 N–H and O–H groups in total. The number of halogens is 3. The molecule has 0 aliphatic carbocycles. The molecule has 0 radical (unpaired) electrons. The number of hydrogen-bond donors (Lipinski definition) is 1. The van der Waals surface area contributed by atoms with E-state index in [2.05, 4.69) is 10.2 Å². The first-order chi connectivity index (χ1) is 8.32. The summed E-state index contributed by atoms with van der Waals surface area (Å²) in [5.74, 6) is 0. The monoisotopic (exact) mass is 281 g/mol. The van der Waals surface area contributed by atoms with Crippen LogP contribution in [0.5, 0.6) is 0 Å². The van der Waals surface area contributed by atoms with E-state index in [0.717, 1.165) is 10.4 Å². The van der Waals surface area contributed by atoms with Crippen molar-refractivity contribution in [1.82, 2.24) is 14.5 Å². The smallest absolute Gasteiger partial charge is 0.266 e. The van der Waals surface area contributed by atoms with Crippen LogP contribution in [-0.2, 0) is 10.0 Å². The molecule has 0 bridgehead atoms. The summed E-state index contributed by atoms with van der Waals surface area (Å²) >= 11 is 0. The Bertz CT molecular complexity index is 548. The van der Waals surface area contributed by atoms with E-state index in [9.17, 15) is 21.6 Å². The number of aromatic amines is 1. The first-order valence-corrected chi connectivity index (χ1v) is 6.51. The first-order valence-electron chi connectivity index (χ1n) is 5.07. The minimum Gasteiger partial charge on any atom is -0.266 e. The predicted octanol–water partition coefficient (Wildman–Crippen LogP) is 1.29. The lowest BCUT2D eigenvalue weighted by Crippen LogP contribution is -2.36. The number of hydrogen-bond acceptors (Lipinski definition) is 3. The van der Waals surface area contributed by atoms with E-state index < -0.39 is 21.8 Å². The van der Waals surface area contributed by atoms with Crippen molar-refractivity contribution in [3.63, 3.8) is 0 Å². The van der Waals surface area contributed by atoms with E-state index in [4.69, 9.17) is 0 Å². The van der Waals surface area contributed by atoms with Crippen LogP contribution in [0.4, 0.5) is 13.2 Å². The molecule has 1 aromatic heterocycles. The van der Waals surface area contributed by atoms with Gasteiger partial charge in [0.15, 0.2) is 5.03 Å². The van der Waals surface area contributed by atoms with Crippen LogP contribution in [0.1, 0.15) is 6.42 Å². The third-order valence-electron chi connectivity index (χ3n) is 2.63. The van der Waals surface area contributed by atoms with Crippen molar-refractivity contribution >= 4 is 10.0 Å².